The van der Waals surface area contributed by atoms with Crippen molar-refractivity contribution in [3.63, 3.8) is 0 Å². The van der Waals surface area contributed by atoms with Crippen LogP contribution in [0.3, 0.4) is 0 Å². The van der Waals surface area contributed by atoms with Crippen LogP contribution in [0.5, 0.6) is 5.75 Å². The molecular formula is C11H14F2O2. The first-order valence-electron chi connectivity index (χ1n) is 4.73. The summed E-state index contributed by atoms with van der Waals surface area (Å²) in [6.45, 7) is 3.69. The van der Waals surface area contributed by atoms with Gasteiger partial charge in [-0.1, -0.05) is 12.1 Å². The zero-order chi connectivity index (χ0) is 11.4. The van der Waals surface area contributed by atoms with Gasteiger partial charge in [-0.2, -0.15) is 0 Å². The molecule has 15 heavy (non-hydrogen) atoms. The van der Waals surface area contributed by atoms with Gasteiger partial charge in [0.05, 0.1) is 6.10 Å². The Morgan fingerprint density at radius 2 is 1.93 bits per heavy atom. The molecule has 0 unspecified atom stereocenters. The van der Waals surface area contributed by atoms with Gasteiger partial charge in [0.2, 0.25) is 0 Å². The van der Waals surface area contributed by atoms with E-state index < -0.39 is 12.5 Å². The van der Waals surface area contributed by atoms with Crippen molar-refractivity contribution in [3.8, 4) is 5.75 Å². The molecule has 0 heterocycles. The van der Waals surface area contributed by atoms with Gasteiger partial charge in [-0.3, -0.25) is 0 Å². The lowest BCUT2D eigenvalue weighted by molar-refractivity contribution is -0.00591. The summed E-state index contributed by atoms with van der Waals surface area (Å²) in [5, 5.41) is 9.15. The summed E-state index contributed by atoms with van der Waals surface area (Å²) < 4.78 is 29.8. The fraction of sp³-hybridized carbons (Fsp3) is 0.455. The molecule has 0 saturated heterocycles. The van der Waals surface area contributed by atoms with Crippen molar-refractivity contribution in [2.75, 3.05) is 0 Å². The number of hydrogen-bond donors (Lipinski definition) is 1. The lowest BCUT2D eigenvalue weighted by Gasteiger charge is -2.13. The highest BCUT2D eigenvalue weighted by Crippen LogP contribution is 2.24. The summed E-state index contributed by atoms with van der Waals surface area (Å²) in [4.78, 5) is 0. The molecule has 0 saturated carbocycles. The van der Waals surface area contributed by atoms with Crippen LogP contribution >= 0.6 is 0 Å². The smallest absolute Gasteiger partial charge is 0.268 e. The Kier molecular flexibility index (Phi) is 4.03. The van der Waals surface area contributed by atoms with Gasteiger partial charge in [-0.15, -0.1) is 0 Å². The highest BCUT2D eigenvalue weighted by molar-refractivity contribution is 5.30. The summed E-state index contributed by atoms with van der Waals surface area (Å²) in [5.41, 5.74) is 0.170. The highest BCUT2D eigenvalue weighted by atomic mass is 19.3. The predicted molar refractivity (Wildman–Crippen MR) is 53.2 cm³/mol. The Bertz CT molecular complexity index is 313. The van der Waals surface area contributed by atoms with E-state index in [1.54, 1.807) is 12.1 Å². The Morgan fingerprint density at radius 1 is 1.27 bits per heavy atom. The van der Waals surface area contributed by atoms with E-state index in [0.717, 1.165) is 0 Å². The van der Waals surface area contributed by atoms with Crippen LogP contribution in [0.2, 0.25) is 0 Å². The second kappa shape index (κ2) is 5.07. The van der Waals surface area contributed by atoms with Crippen LogP contribution < -0.4 is 4.74 Å². The van der Waals surface area contributed by atoms with E-state index in [9.17, 15) is 8.78 Å². The first-order chi connectivity index (χ1) is 7.00. The summed E-state index contributed by atoms with van der Waals surface area (Å²) in [7, 11) is 0. The molecule has 84 valence electrons. The van der Waals surface area contributed by atoms with Crippen LogP contribution in [0.4, 0.5) is 8.78 Å². The van der Waals surface area contributed by atoms with Gasteiger partial charge < -0.3 is 9.84 Å². The van der Waals surface area contributed by atoms with E-state index in [-0.39, 0.29) is 11.7 Å². The first-order valence-corrected chi connectivity index (χ1v) is 4.73. The lowest BCUT2D eigenvalue weighted by Crippen LogP contribution is -2.09. The molecule has 1 N–H and O–H groups in total. The monoisotopic (exact) mass is 216 g/mol. The summed E-state index contributed by atoms with van der Waals surface area (Å²) in [5.74, 6) is 0.488. The van der Waals surface area contributed by atoms with Gasteiger partial charge in [0.25, 0.3) is 6.43 Å². The van der Waals surface area contributed by atoms with E-state index in [0.29, 0.717) is 5.75 Å². The number of alkyl halides is 2. The number of halogens is 2. The number of aliphatic hydroxyl groups is 1. The fourth-order valence-corrected chi connectivity index (χ4v) is 1.19. The standard InChI is InChI=1S/C11H14F2O2/c1-7(2)15-9-5-3-4-8(6-9)10(14)11(12)13/h3-7,10-11,14H,1-2H3/t10-/m0/s1. The van der Waals surface area contributed by atoms with Crippen molar-refractivity contribution in [3.05, 3.63) is 29.8 Å². The fourth-order valence-electron chi connectivity index (χ4n) is 1.19. The van der Waals surface area contributed by atoms with Crippen LogP contribution in [0, 0.1) is 0 Å². The SMILES string of the molecule is CC(C)Oc1cccc([C@H](O)C(F)F)c1. The third-order valence-electron chi connectivity index (χ3n) is 1.81. The van der Waals surface area contributed by atoms with Gasteiger partial charge >= 0.3 is 0 Å². The molecule has 0 bridgehead atoms. The van der Waals surface area contributed by atoms with Crippen molar-refractivity contribution in [2.45, 2.75) is 32.5 Å². The van der Waals surface area contributed by atoms with Crippen LogP contribution in [-0.4, -0.2) is 17.6 Å². The minimum Gasteiger partial charge on any atom is -0.491 e. The number of hydrogen-bond acceptors (Lipinski definition) is 2. The number of aliphatic hydroxyl groups excluding tert-OH is 1. The quantitative estimate of drug-likeness (QED) is 0.838. The molecule has 0 aromatic heterocycles. The Balaban J connectivity index is 2.82. The Labute approximate surface area is 87.5 Å². The number of ether oxygens (including phenoxy) is 1. The van der Waals surface area contributed by atoms with Crippen molar-refractivity contribution >= 4 is 0 Å². The molecule has 1 rings (SSSR count). The van der Waals surface area contributed by atoms with Crippen LogP contribution in [-0.2, 0) is 0 Å². The average Bonchev–Trinajstić information content (AvgIpc) is 2.16. The number of benzene rings is 1. The molecule has 0 amide bonds. The molecule has 0 radical (unpaired) electrons. The molecular weight excluding hydrogens is 202 g/mol. The molecule has 0 aliphatic heterocycles. The van der Waals surface area contributed by atoms with E-state index in [1.807, 2.05) is 13.8 Å². The minimum absolute atomic E-state index is 0.0241. The molecule has 0 aliphatic carbocycles. The van der Waals surface area contributed by atoms with Gasteiger partial charge in [0.15, 0.2) is 0 Å². The molecule has 0 fully saturated rings. The molecule has 1 atom stereocenters. The molecule has 2 nitrogen and oxygen atoms in total. The molecule has 0 aliphatic rings. The average molecular weight is 216 g/mol. The first kappa shape index (κ1) is 11.9. The van der Waals surface area contributed by atoms with Crippen LogP contribution in [0.15, 0.2) is 24.3 Å². The minimum atomic E-state index is -2.78. The second-order valence-corrected chi connectivity index (χ2v) is 3.52. The topological polar surface area (TPSA) is 29.5 Å². The molecule has 1 aromatic rings. The van der Waals surface area contributed by atoms with Crippen molar-refractivity contribution in [1.82, 2.24) is 0 Å². The van der Waals surface area contributed by atoms with Gasteiger partial charge in [0, 0.05) is 0 Å². The molecule has 0 spiro atoms. The highest BCUT2D eigenvalue weighted by Gasteiger charge is 2.19. The van der Waals surface area contributed by atoms with Crippen LogP contribution in [0.1, 0.15) is 25.5 Å². The van der Waals surface area contributed by atoms with Crippen molar-refractivity contribution in [1.29, 1.82) is 0 Å². The van der Waals surface area contributed by atoms with Crippen LogP contribution in [0.25, 0.3) is 0 Å². The third-order valence-corrected chi connectivity index (χ3v) is 1.81. The molecule has 4 heteroatoms. The van der Waals surface area contributed by atoms with Gasteiger partial charge in [0.1, 0.15) is 11.9 Å². The third kappa shape index (κ3) is 3.47. The summed E-state index contributed by atoms with van der Waals surface area (Å²) in [6, 6.07) is 6.13. The summed E-state index contributed by atoms with van der Waals surface area (Å²) in [6.07, 6.45) is -4.55. The lowest BCUT2D eigenvalue weighted by atomic mass is 10.1. The van der Waals surface area contributed by atoms with Gasteiger partial charge in [-0.05, 0) is 31.5 Å². The predicted octanol–water partition coefficient (Wildman–Crippen LogP) is 2.77. The zero-order valence-electron chi connectivity index (χ0n) is 8.65. The zero-order valence-corrected chi connectivity index (χ0v) is 8.65. The maximum atomic E-state index is 12.2. The maximum Gasteiger partial charge on any atom is 0.268 e. The Morgan fingerprint density at radius 3 is 2.47 bits per heavy atom. The maximum absolute atomic E-state index is 12.2. The van der Waals surface area contributed by atoms with Crippen molar-refractivity contribution in [2.24, 2.45) is 0 Å². The van der Waals surface area contributed by atoms with E-state index in [2.05, 4.69) is 0 Å². The largest absolute Gasteiger partial charge is 0.491 e. The van der Waals surface area contributed by atoms with E-state index in [4.69, 9.17) is 9.84 Å². The van der Waals surface area contributed by atoms with E-state index >= 15 is 0 Å². The summed E-state index contributed by atoms with van der Waals surface area (Å²) >= 11 is 0. The molecule has 1 aromatic carbocycles. The normalized spacial score (nSPS) is 13.3. The van der Waals surface area contributed by atoms with Gasteiger partial charge in [-0.25, -0.2) is 8.78 Å². The van der Waals surface area contributed by atoms with E-state index in [1.165, 1.54) is 12.1 Å². The second-order valence-electron chi connectivity index (χ2n) is 3.52. The van der Waals surface area contributed by atoms with Crippen molar-refractivity contribution < 1.29 is 18.6 Å². The Hall–Kier alpha value is -1.16. The number of rotatable bonds is 4.